The maximum atomic E-state index is 11.5. The Labute approximate surface area is 121 Å². The van der Waals surface area contributed by atoms with E-state index in [1.54, 1.807) is 0 Å². The van der Waals surface area contributed by atoms with E-state index in [4.69, 9.17) is 4.74 Å². The van der Waals surface area contributed by atoms with Crippen molar-refractivity contribution >= 4 is 11.7 Å². The zero-order valence-electron chi connectivity index (χ0n) is 12.6. The maximum Gasteiger partial charge on any atom is 0.320 e. The van der Waals surface area contributed by atoms with Gasteiger partial charge >= 0.3 is 5.97 Å². The van der Waals surface area contributed by atoms with Gasteiger partial charge in [0, 0.05) is 31.4 Å². The largest absolute Gasteiger partial charge is 0.465 e. The molecular formula is C16H24N2O2. The van der Waals surface area contributed by atoms with E-state index in [1.165, 1.54) is 11.3 Å². The first-order chi connectivity index (χ1) is 9.60. The van der Waals surface area contributed by atoms with Gasteiger partial charge in [0.2, 0.25) is 0 Å². The Kier molecular flexibility index (Phi) is 5.01. The van der Waals surface area contributed by atoms with Crippen LogP contribution in [0.2, 0.25) is 0 Å². The van der Waals surface area contributed by atoms with Crippen LogP contribution >= 0.6 is 0 Å². The third-order valence-electron chi connectivity index (χ3n) is 3.74. The van der Waals surface area contributed by atoms with Gasteiger partial charge in [-0.25, -0.2) is 0 Å². The fourth-order valence-electron chi connectivity index (χ4n) is 2.69. The highest BCUT2D eigenvalue weighted by molar-refractivity contribution is 5.71. The minimum absolute atomic E-state index is 0.122. The summed E-state index contributed by atoms with van der Waals surface area (Å²) < 4.78 is 5.01. The summed E-state index contributed by atoms with van der Waals surface area (Å²) in [5, 5.41) is 0. The van der Waals surface area contributed by atoms with E-state index in [2.05, 4.69) is 47.9 Å². The molecule has 2 rings (SSSR count). The maximum absolute atomic E-state index is 11.5. The number of benzene rings is 1. The number of ether oxygens (including phenoxy) is 1. The number of hydrogen-bond acceptors (Lipinski definition) is 4. The lowest BCUT2D eigenvalue weighted by molar-refractivity contribution is -0.144. The number of carbonyl (C=O) groups is 1. The van der Waals surface area contributed by atoms with Gasteiger partial charge in [0.1, 0.15) is 0 Å². The molecule has 1 fully saturated rings. The van der Waals surface area contributed by atoms with Gasteiger partial charge in [-0.2, -0.15) is 0 Å². The highest BCUT2D eigenvalue weighted by Gasteiger charge is 2.25. The van der Waals surface area contributed by atoms with Crippen LogP contribution in [0, 0.1) is 6.92 Å². The monoisotopic (exact) mass is 276 g/mol. The van der Waals surface area contributed by atoms with Crippen LogP contribution in [-0.2, 0) is 9.53 Å². The van der Waals surface area contributed by atoms with Gasteiger partial charge in [0.15, 0.2) is 0 Å². The summed E-state index contributed by atoms with van der Waals surface area (Å²) >= 11 is 0. The van der Waals surface area contributed by atoms with E-state index in [0.717, 1.165) is 19.6 Å². The Morgan fingerprint density at radius 2 is 2.00 bits per heavy atom. The smallest absolute Gasteiger partial charge is 0.320 e. The van der Waals surface area contributed by atoms with Crippen LogP contribution in [0.25, 0.3) is 0 Å². The number of hydrogen-bond donors (Lipinski definition) is 0. The second kappa shape index (κ2) is 6.75. The second-order valence-electron chi connectivity index (χ2n) is 5.42. The summed E-state index contributed by atoms with van der Waals surface area (Å²) in [6.07, 6.45) is 0. The predicted molar refractivity (Wildman–Crippen MR) is 81.1 cm³/mol. The van der Waals surface area contributed by atoms with E-state index < -0.39 is 0 Å². The number of carbonyl (C=O) groups excluding carboxylic acids is 1. The molecule has 1 aliphatic heterocycles. The number of nitrogens with zero attached hydrogens (tertiary/aromatic N) is 2. The van der Waals surface area contributed by atoms with Crippen LogP contribution < -0.4 is 4.90 Å². The van der Waals surface area contributed by atoms with Gasteiger partial charge in [-0.1, -0.05) is 17.7 Å². The van der Waals surface area contributed by atoms with Crippen LogP contribution in [0.5, 0.6) is 0 Å². The van der Waals surface area contributed by atoms with E-state index in [9.17, 15) is 4.79 Å². The van der Waals surface area contributed by atoms with Crippen LogP contribution in [0.3, 0.4) is 0 Å². The molecule has 1 aliphatic rings. The normalized spacial score (nSPS) is 19.9. The van der Waals surface area contributed by atoms with Crippen molar-refractivity contribution in [2.75, 3.05) is 37.7 Å². The van der Waals surface area contributed by atoms with Crippen molar-refractivity contribution in [2.45, 2.75) is 26.8 Å². The van der Waals surface area contributed by atoms with Gasteiger partial charge in [-0.05, 0) is 32.9 Å². The molecule has 0 bridgehead atoms. The number of esters is 1. The van der Waals surface area contributed by atoms with E-state index in [0.29, 0.717) is 19.2 Å². The Bertz CT molecular complexity index is 444. The topological polar surface area (TPSA) is 32.8 Å². The number of piperazine rings is 1. The first kappa shape index (κ1) is 14.9. The van der Waals surface area contributed by atoms with Crippen LogP contribution in [0.1, 0.15) is 19.4 Å². The van der Waals surface area contributed by atoms with Crippen molar-refractivity contribution in [3.63, 3.8) is 0 Å². The van der Waals surface area contributed by atoms with Gasteiger partial charge in [0.25, 0.3) is 0 Å². The summed E-state index contributed by atoms with van der Waals surface area (Å²) in [4.78, 5) is 16.1. The number of anilines is 1. The molecule has 4 nitrogen and oxygen atoms in total. The van der Waals surface area contributed by atoms with Crippen molar-refractivity contribution in [1.29, 1.82) is 0 Å². The lowest BCUT2D eigenvalue weighted by atomic mass is 10.1. The highest BCUT2D eigenvalue weighted by Crippen LogP contribution is 2.20. The first-order valence-corrected chi connectivity index (χ1v) is 7.31. The SMILES string of the molecule is CCOC(=O)CN1CCN(c2ccc(C)cc2)C(C)C1. The fourth-order valence-corrected chi connectivity index (χ4v) is 2.69. The summed E-state index contributed by atoms with van der Waals surface area (Å²) in [5.74, 6) is -0.122. The van der Waals surface area contributed by atoms with Crippen molar-refractivity contribution < 1.29 is 9.53 Å². The van der Waals surface area contributed by atoms with Gasteiger partial charge < -0.3 is 9.64 Å². The molecule has 0 N–H and O–H groups in total. The highest BCUT2D eigenvalue weighted by atomic mass is 16.5. The van der Waals surface area contributed by atoms with Gasteiger partial charge in [-0.3, -0.25) is 9.69 Å². The molecule has 0 amide bonds. The standard InChI is InChI=1S/C16H24N2O2/c1-4-20-16(19)12-17-9-10-18(14(3)11-17)15-7-5-13(2)6-8-15/h5-8,14H,4,9-12H2,1-3H3. The summed E-state index contributed by atoms with van der Waals surface area (Å²) in [6.45, 7) is 9.75. The molecule has 110 valence electrons. The molecule has 1 saturated heterocycles. The average Bonchev–Trinajstić information content (AvgIpc) is 2.40. The molecule has 0 aliphatic carbocycles. The number of rotatable bonds is 4. The van der Waals surface area contributed by atoms with Crippen LogP contribution in [0.15, 0.2) is 24.3 Å². The summed E-state index contributed by atoms with van der Waals surface area (Å²) in [7, 11) is 0. The quantitative estimate of drug-likeness (QED) is 0.788. The van der Waals surface area contributed by atoms with Crippen molar-refractivity contribution in [1.82, 2.24) is 4.90 Å². The minimum Gasteiger partial charge on any atom is -0.465 e. The molecule has 1 atom stereocenters. The summed E-state index contributed by atoms with van der Waals surface area (Å²) in [5.41, 5.74) is 2.54. The molecular weight excluding hydrogens is 252 g/mol. The zero-order valence-corrected chi connectivity index (χ0v) is 12.6. The Hall–Kier alpha value is -1.55. The first-order valence-electron chi connectivity index (χ1n) is 7.31. The molecule has 0 radical (unpaired) electrons. The molecule has 1 heterocycles. The van der Waals surface area contributed by atoms with Crippen molar-refractivity contribution in [3.05, 3.63) is 29.8 Å². The third-order valence-corrected chi connectivity index (χ3v) is 3.74. The van der Waals surface area contributed by atoms with Gasteiger partial charge in [-0.15, -0.1) is 0 Å². The molecule has 0 saturated carbocycles. The van der Waals surface area contributed by atoms with Crippen molar-refractivity contribution in [2.24, 2.45) is 0 Å². The van der Waals surface area contributed by atoms with Gasteiger partial charge in [0.05, 0.1) is 13.2 Å². The van der Waals surface area contributed by atoms with E-state index in [-0.39, 0.29) is 5.97 Å². The zero-order chi connectivity index (χ0) is 14.5. The molecule has 0 aromatic heterocycles. The average molecular weight is 276 g/mol. The number of aryl methyl sites for hydroxylation is 1. The Morgan fingerprint density at radius 3 is 2.60 bits per heavy atom. The second-order valence-corrected chi connectivity index (χ2v) is 5.42. The molecule has 4 heteroatoms. The molecule has 1 aromatic carbocycles. The fraction of sp³-hybridized carbons (Fsp3) is 0.562. The lowest BCUT2D eigenvalue weighted by Gasteiger charge is -2.41. The van der Waals surface area contributed by atoms with Crippen molar-refractivity contribution in [3.8, 4) is 0 Å². The lowest BCUT2D eigenvalue weighted by Crippen LogP contribution is -2.53. The Morgan fingerprint density at radius 1 is 1.30 bits per heavy atom. The summed E-state index contributed by atoms with van der Waals surface area (Å²) in [6, 6.07) is 9.04. The Balaban J connectivity index is 1.92. The van der Waals surface area contributed by atoms with E-state index >= 15 is 0 Å². The predicted octanol–water partition coefficient (Wildman–Crippen LogP) is 2.07. The third kappa shape index (κ3) is 3.73. The molecule has 1 aromatic rings. The molecule has 0 spiro atoms. The van der Waals surface area contributed by atoms with E-state index in [1.807, 2.05) is 6.92 Å². The van der Waals surface area contributed by atoms with Crippen LogP contribution in [-0.4, -0.2) is 49.7 Å². The minimum atomic E-state index is -0.122. The molecule has 1 unspecified atom stereocenters. The molecule has 20 heavy (non-hydrogen) atoms. The van der Waals surface area contributed by atoms with Crippen LogP contribution in [0.4, 0.5) is 5.69 Å².